The zero-order chi connectivity index (χ0) is 23.8. The molecule has 4 rings (SSSR count). The highest BCUT2D eigenvalue weighted by Crippen LogP contribution is 2.37. The molecule has 0 atom stereocenters. The van der Waals surface area contributed by atoms with Gasteiger partial charge >= 0.3 is 6.03 Å². The number of hydrogen-bond donors (Lipinski definition) is 2. The van der Waals surface area contributed by atoms with Crippen molar-refractivity contribution in [2.45, 2.75) is 38.1 Å². The van der Waals surface area contributed by atoms with Gasteiger partial charge in [-0.05, 0) is 55.3 Å². The van der Waals surface area contributed by atoms with Gasteiger partial charge < -0.3 is 24.8 Å². The Balaban J connectivity index is 1.44. The molecule has 2 N–H and O–H groups in total. The molecule has 0 saturated heterocycles. The first kappa shape index (κ1) is 23.3. The molecule has 8 nitrogen and oxygen atoms in total. The Morgan fingerprint density at radius 1 is 1.09 bits per heavy atom. The van der Waals surface area contributed by atoms with E-state index < -0.39 is 0 Å². The van der Waals surface area contributed by atoms with Crippen molar-refractivity contribution in [3.63, 3.8) is 0 Å². The maximum Gasteiger partial charge on any atom is 0.319 e. The fraction of sp³-hybridized carbons (Fsp3) is 0.346. The van der Waals surface area contributed by atoms with Crippen LogP contribution in [0.4, 0.5) is 16.2 Å². The summed E-state index contributed by atoms with van der Waals surface area (Å²) in [6.45, 7) is 8.28. The number of carbonyl (C=O) groups is 1. The highest BCUT2D eigenvalue weighted by Gasteiger charge is 2.16. The number of methoxy groups -OCH3 is 1. The van der Waals surface area contributed by atoms with E-state index in [4.69, 9.17) is 20.8 Å². The standard InChI is InChI=1S/C26H28N4O4/c1-27-23-16-21-22(17-25(23)33-15-14-32-2)28-13-12-24(21)34-20-10-8-19(9-11-20)30-26(31)29-18-6-4-3-5-7-18/h8-13,16-18H,3-7,14-15H2,2H3,(H2,29,30,31). The number of ether oxygens (including phenoxy) is 3. The Morgan fingerprint density at radius 2 is 1.88 bits per heavy atom. The summed E-state index contributed by atoms with van der Waals surface area (Å²) in [7, 11) is 1.60. The molecular formula is C26H28N4O4. The van der Waals surface area contributed by atoms with Crippen molar-refractivity contribution in [3.8, 4) is 17.2 Å². The monoisotopic (exact) mass is 460 g/mol. The van der Waals surface area contributed by atoms with Crippen molar-refractivity contribution in [1.29, 1.82) is 0 Å². The SMILES string of the molecule is [C-]#[N+]c1cc2c(Oc3ccc(NC(=O)NC4CCCCC4)cc3)ccnc2cc1OCCOC. The first-order valence-corrected chi connectivity index (χ1v) is 11.4. The second-order valence-corrected chi connectivity index (χ2v) is 8.16. The molecule has 2 aromatic carbocycles. The summed E-state index contributed by atoms with van der Waals surface area (Å²) in [5.74, 6) is 1.65. The van der Waals surface area contributed by atoms with Crippen LogP contribution >= 0.6 is 0 Å². The van der Waals surface area contributed by atoms with Crippen LogP contribution in [-0.2, 0) is 4.74 Å². The van der Waals surface area contributed by atoms with Gasteiger partial charge in [0.15, 0.2) is 0 Å². The number of benzene rings is 2. The predicted octanol–water partition coefficient (Wildman–Crippen LogP) is 6.06. The number of carbonyl (C=O) groups excluding carboxylic acids is 1. The van der Waals surface area contributed by atoms with Gasteiger partial charge in [-0.3, -0.25) is 4.98 Å². The number of pyridine rings is 1. The number of amides is 2. The molecule has 1 aromatic heterocycles. The molecule has 176 valence electrons. The second-order valence-electron chi connectivity index (χ2n) is 8.16. The first-order valence-electron chi connectivity index (χ1n) is 11.4. The summed E-state index contributed by atoms with van der Waals surface area (Å²) < 4.78 is 16.8. The molecule has 0 unspecified atom stereocenters. The molecule has 1 aliphatic carbocycles. The molecular weight excluding hydrogens is 432 g/mol. The largest absolute Gasteiger partial charge is 0.502 e. The Morgan fingerprint density at radius 3 is 2.62 bits per heavy atom. The number of anilines is 1. The second kappa shape index (κ2) is 11.3. The summed E-state index contributed by atoms with van der Waals surface area (Å²) in [6.07, 6.45) is 7.31. The third-order valence-corrected chi connectivity index (χ3v) is 5.73. The van der Waals surface area contributed by atoms with Crippen molar-refractivity contribution in [1.82, 2.24) is 10.3 Å². The molecule has 34 heavy (non-hydrogen) atoms. The topological polar surface area (TPSA) is 86.1 Å². The summed E-state index contributed by atoms with van der Waals surface area (Å²) in [6, 6.07) is 12.5. The third-order valence-electron chi connectivity index (χ3n) is 5.73. The minimum Gasteiger partial charge on any atom is -0.502 e. The minimum atomic E-state index is -0.184. The molecule has 0 aliphatic heterocycles. The highest BCUT2D eigenvalue weighted by molar-refractivity contribution is 5.91. The fourth-order valence-electron chi connectivity index (χ4n) is 4.00. The molecule has 0 bridgehead atoms. The predicted molar refractivity (Wildman–Crippen MR) is 131 cm³/mol. The van der Waals surface area contributed by atoms with Gasteiger partial charge in [0.1, 0.15) is 23.9 Å². The quantitative estimate of drug-likeness (QED) is 0.315. The lowest BCUT2D eigenvalue weighted by atomic mass is 9.96. The number of nitrogens with zero attached hydrogens (tertiary/aromatic N) is 2. The van der Waals surface area contributed by atoms with Crippen LogP contribution in [0.5, 0.6) is 17.2 Å². The van der Waals surface area contributed by atoms with E-state index in [0.717, 1.165) is 12.8 Å². The van der Waals surface area contributed by atoms with Crippen molar-refractivity contribution >= 4 is 28.3 Å². The summed E-state index contributed by atoms with van der Waals surface area (Å²) in [5, 5.41) is 6.63. The lowest BCUT2D eigenvalue weighted by Crippen LogP contribution is -2.38. The van der Waals surface area contributed by atoms with Gasteiger partial charge in [-0.25, -0.2) is 9.64 Å². The smallest absolute Gasteiger partial charge is 0.319 e. The lowest BCUT2D eigenvalue weighted by Gasteiger charge is -2.22. The molecule has 3 aromatic rings. The van der Waals surface area contributed by atoms with Crippen LogP contribution < -0.4 is 20.1 Å². The Bertz CT molecular complexity index is 1170. The normalized spacial score (nSPS) is 13.8. The Kier molecular flexibility index (Phi) is 7.79. The number of urea groups is 1. The van der Waals surface area contributed by atoms with Crippen LogP contribution in [0.2, 0.25) is 0 Å². The van der Waals surface area contributed by atoms with Crippen LogP contribution in [0.1, 0.15) is 32.1 Å². The number of fused-ring (bicyclic) bond motifs is 1. The van der Waals surface area contributed by atoms with E-state index in [1.54, 1.807) is 55.8 Å². The summed E-state index contributed by atoms with van der Waals surface area (Å²) in [4.78, 5) is 20.2. The van der Waals surface area contributed by atoms with E-state index in [2.05, 4.69) is 20.5 Å². The zero-order valence-corrected chi connectivity index (χ0v) is 19.2. The molecule has 0 radical (unpaired) electrons. The van der Waals surface area contributed by atoms with Crippen LogP contribution in [0.25, 0.3) is 15.7 Å². The van der Waals surface area contributed by atoms with Gasteiger partial charge in [-0.1, -0.05) is 19.3 Å². The Labute approximate surface area is 199 Å². The van der Waals surface area contributed by atoms with Crippen molar-refractivity contribution in [2.24, 2.45) is 0 Å². The van der Waals surface area contributed by atoms with Gasteiger partial charge in [0.05, 0.1) is 18.7 Å². The van der Waals surface area contributed by atoms with Crippen LogP contribution in [0.15, 0.2) is 48.7 Å². The van der Waals surface area contributed by atoms with Gasteiger partial charge in [0.2, 0.25) is 5.69 Å². The maximum absolute atomic E-state index is 12.3. The molecule has 1 saturated carbocycles. The van der Waals surface area contributed by atoms with Gasteiger partial charge in [0.25, 0.3) is 0 Å². The van der Waals surface area contributed by atoms with Gasteiger partial charge in [0, 0.05) is 30.4 Å². The molecule has 1 fully saturated rings. The highest BCUT2D eigenvalue weighted by atomic mass is 16.5. The maximum atomic E-state index is 12.3. The molecule has 1 heterocycles. The number of rotatable bonds is 8. The zero-order valence-electron chi connectivity index (χ0n) is 19.2. The Hall–Kier alpha value is -3.83. The van der Waals surface area contributed by atoms with Crippen molar-refractivity contribution < 1.29 is 19.0 Å². The van der Waals surface area contributed by atoms with Crippen LogP contribution in [0, 0.1) is 6.57 Å². The third kappa shape index (κ3) is 5.94. The van der Waals surface area contributed by atoms with Crippen LogP contribution in [0.3, 0.4) is 0 Å². The fourth-order valence-corrected chi connectivity index (χ4v) is 4.00. The average Bonchev–Trinajstić information content (AvgIpc) is 2.85. The van der Waals surface area contributed by atoms with E-state index >= 15 is 0 Å². The molecule has 2 amide bonds. The molecule has 8 heteroatoms. The lowest BCUT2D eigenvalue weighted by molar-refractivity contribution is 0.147. The van der Waals surface area contributed by atoms with E-state index in [9.17, 15) is 4.79 Å². The number of hydrogen-bond acceptors (Lipinski definition) is 5. The molecule has 1 aliphatic rings. The minimum absolute atomic E-state index is 0.184. The molecule has 0 spiro atoms. The van der Waals surface area contributed by atoms with Crippen molar-refractivity contribution in [3.05, 3.63) is 60.1 Å². The number of aromatic nitrogens is 1. The summed E-state index contributed by atoms with van der Waals surface area (Å²) >= 11 is 0. The van der Waals surface area contributed by atoms with E-state index in [0.29, 0.717) is 52.7 Å². The average molecular weight is 461 g/mol. The number of nitrogens with one attached hydrogen (secondary N) is 2. The first-order chi connectivity index (χ1) is 16.7. The van der Waals surface area contributed by atoms with Gasteiger partial charge in [-0.15, -0.1) is 0 Å². The van der Waals surface area contributed by atoms with Gasteiger partial charge in [-0.2, -0.15) is 0 Å². The van der Waals surface area contributed by atoms with Crippen LogP contribution in [-0.4, -0.2) is 37.4 Å². The van der Waals surface area contributed by atoms with E-state index in [-0.39, 0.29) is 12.1 Å². The summed E-state index contributed by atoms with van der Waals surface area (Å²) in [5.41, 5.74) is 1.73. The van der Waals surface area contributed by atoms with E-state index in [1.165, 1.54) is 19.3 Å². The van der Waals surface area contributed by atoms with Crippen molar-refractivity contribution in [2.75, 3.05) is 25.6 Å². The van der Waals surface area contributed by atoms with E-state index in [1.807, 2.05) is 0 Å².